The molecule has 0 saturated carbocycles. The SMILES string of the molecule is COc1ccc(-c2cc(-c3c(O)c4ccccc4oc3=O)nc(N)c2C#N)cc1OC. The minimum absolute atomic E-state index is 0.0817. The van der Waals surface area contributed by atoms with Crippen molar-refractivity contribution in [3.63, 3.8) is 0 Å². The summed E-state index contributed by atoms with van der Waals surface area (Å²) in [6, 6.07) is 15.3. The van der Waals surface area contributed by atoms with Gasteiger partial charge in [-0.3, -0.25) is 0 Å². The number of fused-ring (bicyclic) bond motifs is 1. The maximum Gasteiger partial charge on any atom is 0.349 e. The van der Waals surface area contributed by atoms with E-state index < -0.39 is 5.63 Å². The Balaban J connectivity index is 2.00. The molecule has 0 saturated heterocycles. The Kier molecular flexibility index (Phi) is 4.93. The lowest BCUT2D eigenvalue weighted by molar-refractivity contribution is 0.355. The molecule has 0 atom stereocenters. The zero-order valence-electron chi connectivity index (χ0n) is 16.7. The van der Waals surface area contributed by atoms with Crippen LogP contribution in [0.4, 0.5) is 5.82 Å². The van der Waals surface area contributed by atoms with Crippen LogP contribution in [0.25, 0.3) is 33.4 Å². The molecule has 8 heteroatoms. The van der Waals surface area contributed by atoms with E-state index in [1.807, 2.05) is 6.07 Å². The summed E-state index contributed by atoms with van der Waals surface area (Å²) in [5, 5.41) is 20.8. The number of anilines is 1. The summed E-state index contributed by atoms with van der Waals surface area (Å²) in [4.78, 5) is 16.8. The number of nitrogens with zero attached hydrogens (tertiary/aromatic N) is 2. The number of benzene rings is 2. The van der Waals surface area contributed by atoms with Crippen LogP contribution in [-0.2, 0) is 0 Å². The predicted octanol–water partition coefficient (Wildman–Crippen LogP) is 3.70. The first-order chi connectivity index (χ1) is 15.0. The van der Waals surface area contributed by atoms with E-state index in [9.17, 15) is 15.2 Å². The molecule has 154 valence electrons. The highest BCUT2D eigenvalue weighted by Gasteiger charge is 2.21. The monoisotopic (exact) mass is 415 g/mol. The molecule has 4 rings (SSSR count). The zero-order chi connectivity index (χ0) is 22.1. The Labute approximate surface area is 176 Å². The molecule has 0 spiro atoms. The van der Waals surface area contributed by atoms with Crippen LogP contribution in [0.3, 0.4) is 0 Å². The third kappa shape index (κ3) is 3.28. The number of nitriles is 1. The van der Waals surface area contributed by atoms with Gasteiger partial charge in [0.05, 0.1) is 25.3 Å². The highest BCUT2D eigenvalue weighted by Crippen LogP contribution is 2.38. The van der Waals surface area contributed by atoms with Gasteiger partial charge in [0, 0.05) is 5.56 Å². The Morgan fingerprint density at radius 1 is 1.10 bits per heavy atom. The van der Waals surface area contributed by atoms with Crippen molar-refractivity contribution in [1.82, 2.24) is 4.98 Å². The molecule has 0 bridgehead atoms. The third-order valence-electron chi connectivity index (χ3n) is 4.90. The van der Waals surface area contributed by atoms with E-state index in [0.29, 0.717) is 28.0 Å². The first kappa shape index (κ1) is 19.8. The fourth-order valence-electron chi connectivity index (χ4n) is 3.40. The molecule has 8 nitrogen and oxygen atoms in total. The normalized spacial score (nSPS) is 10.6. The summed E-state index contributed by atoms with van der Waals surface area (Å²) < 4.78 is 15.9. The average Bonchev–Trinajstić information content (AvgIpc) is 2.78. The molecule has 0 aliphatic heterocycles. The summed E-state index contributed by atoms with van der Waals surface area (Å²) in [6.07, 6.45) is 0. The predicted molar refractivity (Wildman–Crippen MR) is 115 cm³/mol. The van der Waals surface area contributed by atoms with E-state index in [-0.39, 0.29) is 34.0 Å². The number of nitrogens with two attached hydrogens (primary N) is 1. The van der Waals surface area contributed by atoms with E-state index in [4.69, 9.17) is 19.6 Å². The molecule has 2 heterocycles. The minimum atomic E-state index is -0.772. The van der Waals surface area contributed by atoms with Crippen molar-refractivity contribution >= 4 is 16.8 Å². The van der Waals surface area contributed by atoms with Gasteiger partial charge >= 0.3 is 5.63 Å². The number of para-hydroxylation sites is 1. The second-order valence-electron chi connectivity index (χ2n) is 6.61. The van der Waals surface area contributed by atoms with Gasteiger partial charge in [0.1, 0.15) is 34.3 Å². The van der Waals surface area contributed by atoms with Crippen molar-refractivity contribution in [1.29, 1.82) is 5.26 Å². The van der Waals surface area contributed by atoms with Crippen LogP contribution in [0, 0.1) is 11.3 Å². The van der Waals surface area contributed by atoms with E-state index in [2.05, 4.69) is 4.98 Å². The van der Waals surface area contributed by atoms with Crippen molar-refractivity contribution in [2.45, 2.75) is 0 Å². The molecule has 3 N–H and O–H groups in total. The van der Waals surface area contributed by atoms with Crippen LogP contribution < -0.4 is 20.8 Å². The molecular weight excluding hydrogens is 398 g/mol. The van der Waals surface area contributed by atoms with Crippen LogP contribution in [0.15, 0.2) is 57.7 Å². The van der Waals surface area contributed by atoms with Crippen LogP contribution in [0.2, 0.25) is 0 Å². The van der Waals surface area contributed by atoms with Crippen molar-refractivity contribution in [3.05, 3.63) is 64.5 Å². The first-order valence-corrected chi connectivity index (χ1v) is 9.16. The van der Waals surface area contributed by atoms with Gasteiger partial charge in [-0.1, -0.05) is 18.2 Å². The van der Waals surface area contributed by atoms with Gasteiger partial charge in [-0.15, -0.1) is 0 Å². The second-order valence-corrected chi connectivity index (χ2v) is 6.61. The maximum absolute atomic E-state index is 12.6. The quantitative estimate of drug-likeness (QED) is 0.482. The van der Waals surface area contributed by atoms with Gasteiger partial charge in [0.2, 0.25) is 0 Å². The van der Waals surface area contributed by atoms with Crippen molar-refractivity contribution in [2.24, 2.45) is 0 Å². The molecule has 2 aromatic carbocycles. The number of pyridine rings is 1. The zero-order valence-corrected chi connectivity index (χ0v) is 16.7. The Morgan fingerprint density at radius 2 is 1.84 bits per heavy atom. The summed E-state index contributed by atoms with van der Waals surface area (Å²) in [5.41, 5.74) is 6.59. The molecule has 0 fully saturated rings. The van der Waals surface area contributed by atoms with Crippen LogP contribution in [0.1, 0.15) is 5.56 Å². The Hall–Kier alpha value is -4.51. The molecule has 31 heavy (non-hydrogen) atoms. The number of aromatic hydroxyl groups is 1. The van der Waals surface area contributed by atoms with Gasteiger partial charge in [0.15, 0.2) is 11.5 Å². The third-order valence-corrected chi connectivity index (χ3v) is 4.90. The number of nitrogen functional groups attached to an aromatic ring is 1. The topological polar surface area (TPSA) is 132 Å². The summed E-state index contributed by atoms with van der Waals surface area (Å²) >= 11 is 0. The van der Waals surface area contributed by atoms with Crippen molar-refractivity contribution in [3.8, 4) is 45.7 Å². The van der Waals surface area contributed by atoms with Gasteiger partial charge in [0.25, 0.3) is 0 Å². The first-order valence-electron chi connectivity index (χ1n) is 9.16. The van der Waals surface area contributed by atoms with E-state index >= 15 is 0 Å². The Bertz CT molecular complexity index is 1420. The van der Waals surface area contributed by atoms with E-state index in [1.165, 1.54) is 20.3 Å². The fourth-order valence-corrected chi connectivity index (χ4v) is 3.40. The highest BCUT2D eigenvalue weighted by molar-refractivity contribution is 5.91. The van der Waals surface area contributed by atoms with Crippen molar-refractivity contribution in [2.75, 3.05) is 20.0 Å². The number of methoxy groups -OCH3 is 2. The summed E-state index contributed by atoms with van der Waals surface area (Å²) in [7, 11) is 3.01. The summed E-state index contributed by atoms with van der Waals surface area (Å²) in [5.74, 6) is 0.604. The molecule has 0 aliphatic carbocycles. The van der Waals surface area contributed by atoms with Crippen LogP contribution in [0.5, 0.6) is 17.2 Å². The standard InChI is InChI=1S/C23H17N3O5/c1-29-18-8-7-12(9-19(18)30-2)14-10-16(26-22(25)15(14)11-24)20-21(27)13-5-3-4-6-17(13)31-23(20)28/h3-10,27H,1-2H3,(H2,25,26). The number of aromatic nitrogens is 1. The lowest BCUT2D eigenvalue weighted by Gasteiger charge is -2.13. The van der Waals surface area contributed by atoms with E-state index in [1.54, 1.807) is 42.5 Å². The van der Waals surface area contributed by atoms with Crippen molar-refractivity contribution < 1.29 is 19.0 Å². The number of hydrogen-bond acceptors (Lipinski definition) is 8. The highest BCUT2D eigenvalue weighted by atomic mass is 16.5. The van der Waals surface area contributed by atoms with Gasteiger partial charge < -0.3 is 24.7 Å². The largest absolute Gasteiger partial charge is 0.506 e. The number of rotatable bonds is 4. The number of ether oxygens (including phenoxy) is 2. The van der Waals surface area contributed by atoms with Gasteiger partial charge in [-0.05, 0) is 35.9 Å². The molecule has 4 aromatic rings. The minimum Gasteiger partial charge on any atom is -0.506 e. The van der Waals surface area contributed by atoms with Gasteiger partial charge in [-0.2, -0.15) is 5.26 Å². The smallest absolute Gasteiger partial charge is 0.349 e. The molecule has 0 radical (unpaired) electrons. The van der Waals surface area contributed by atoms with Gasteiger partial charge in [-0.25, -0.2) is 9.78 Å². The lowest BCUT2D eigenvalue weighted by Crippen LogP contribution is -2.07. The maximum atomic E-state index is 12.6. The molecular formula is C23H17N3O5. The molecule has 2 aromatic heterocycles. The molecule has 0 amide bonds. The average molecular weight is 415 g/mol. The Morgan fingerprint density at radius 3 is 2.55 bits per heavy atom. The fraction of sp³-hybridized carbons (Fsp3) is 0.0870. The molecule has 0 unspecified atom stereocenters. The second kappa shape index (κ2) is 7.72. The van der Waals surface area contributed by atoms with E-state index in [0.717, 1.165) is 0 Å². The van der Waals surface area contributed by atoms with Crippen LogP contribution >= 0.6 is 0 Å². The summed E-state index contributed by atoms with van der Waals surface area (Å²) in [6.45, 7) is 0. The number of hydrogen-bond donors (Lipinski definition) is 2. The molecule has 0 aliphatic rings. The lowest BCUT2D eigenvalue weighted by atomic mass is 9.98. The van der Waals surface area contributed by atoms with Crippen LogP contribution in [-0.4, -0.2) is 24.3 Å².